The lowest BCUT2D eigenvalue weighted by Crippen LogP contribution is -2.44. The summed E-state index contributed by atoms with van der Waals surface area (Å²) in [5.41, 5.74) is -2.11. The molecule has 2 amide bonds. The van der Waals surface area contributed by atoms with Crippen molar-refractivity contribution in [3.05, 3.63) is 99.7 Å². The fourth-order valence-corrected chi connectivity index (χ4v) is 4.00. The quantitative estimate of drug-likeness (QED) is 0.0814. The van der Waals surface area contributed by atoms with Crippen molar-refractivity contribution in [2.24, 2.45) is 10.8 Å². The van der Waals surface area contributed by atoms with Gasteiger partial charge in [0.1, 0.15) is 51.7 Å². The van der Waals surface area contributed by atoms with Crippen LogP contribution in [0.5, 0.6) is 0 Å². The van der Waals surface area contributed by atoms with Crippen LogP contribution in [-0.2, 0) is 66.7 Å². The van der Waals surface area contributed by atoms with Crippen LogP contribution in [0.4, 0.5) is 21.0 Å². The van der Waals surface area contributed by atoms with Crippen molar-refractivity contribution in [2.75, 3.05) is 63.5 Å². The van der Waals surface area contributed by atoms with Crippen LogP contribution in [0.3, 0.4) is 0 Å². The Kier molecular flexibility index (Phi) is 20.5. The van der Waals surface area contributed by atoms with Crippen LogP contribution in [0.15, 0.2) is 94.1 Å². The molecule has 0 aliphatic carbocycles. The highest BCUT2D eigenvalue weighted by atomic mass is 16.6. The third-order valence-electron chi connectivity index (χ3n) is 7.22. The number of nitrogens with one attached hydrogen (secondary N) is 2. The molecule has 1 aromatic rings. The van der Waals surface area contributed by atoms with Crippen LogP contribution >= 0.6 is 0 Å². The highest BCUT2D eigenvalue weighted by molar-refractivity contribution is 5.90. The molecular weight excluding hydrogens is 740 g/mol. The molecule has 0 saturated heterocycles. The van der Waals surface area contributed by atoms with Gasteiger partial charge in [0.2, 0.25) is 0 Å². The molecule has 0 unspecified atom stereocenters. The van der Waals surface area contributed by atoms with E-state index >= 15 is 0 Å². The van der Waals surface area contributed by atoms with E-state index in [0.29, 0.717) is 5.56 Å². The molecular formula is C38H44N2O16. The molecule has 0 radical (unpaired) electrons. The van der Waals surface area contributed by atoms with Gasteiger partial charge in [0, 0.05) is 47.8 Å². The van der Waals surface area contributed by atoms with Crippen molar-refractivity contribution in [3.63, 3.8) is 0 Å². The van der Waals surface area contributed by atoms with E-state index in [4.69, 9.17) is 37.9 Å². The summed E-state index contributed by atoms with van der Waals surface area (Å²) in [6.07, 6.45) is 3.16. The Balaban J connectivity index is 3.12. The fourth-order valence-electron chi connectivity index (χ4n) is 4.00. The Labute approximate surface area is 322 Å². The lowest BCUT2D eigenvalue weighted by Gasteiger charge is -2.31. The molecule has 0 atom stereocenters. The first-order valence-corrected chi connectivity index (χ1v) is 16.3. The highest BCUT2D eigenvalue weighted by Gasteiger charge is 2.38. The minimum absolute atomic E-state index is 0.139. The summed E-state index contributed by atoms with van der Waals surface area (Å²) < 4.78 is 41.5. The Morgan fingerprint density at radius 3 is 1.21 bits per heavy atom. The Morgan fingerprint density at radius 2 is 0.839 bits per heavy atom. The average molecular weight is 785 g/mol. The Bertz CT molecular complexity index is 1560. The van der Waals surface area contributed by atoms with E-state index in [1.807, 2.05) is 0 Å². The fraction of sp³-hybridized carbons (Fsp3) is 0.316. The molecule has 2 N–H and O–H groups in total. The van der Waals surface area contributed by atoms with Gasteiger partial charge in [-0.15, -0.1) is 0 Å². The summed E-state index contributed by atoms with van der Waals surface area (Å²) in [5.74, 6) is -5.04. The summed E-state index contributed by atoms with van der Waals surface area (Å²) in [6, 6.07) is 4.42. The second-order valence-corrected chi connectivity index (χ2v) is 11.6. The summed E-state index contributed by atoms with van der Waals surface area (Å²) in [4.78, 5) is 96.8. The monoisotopic (exact) mass is 784 g/mol. The standard InChI is InChI=1S/C38H44N2O16/c1-8-29(41)50-19-37(20-51-30(42)9-2,21-52-31(43)10-3)16-17-49-35(47)39-27-15-14-26(7)28(18-27)40-36(48)56-25-38(22-53-32(44)11-4,23-54-33(45)12-5)24-55-34(46)13-6/h8-15,18H,1-6,16-17,19-25H2,7H3,(H,39,47)(H,40,48). The molecule has 0 fully saturated rings. The van der Waals surface area contributed by atoms with Crippen molar-refractivity contribution in [1.29, 1.82) is 0 Å². The molecule has 0 saturated carbocycles. The summed E-state index contributed by atoms with van der Waals surface area (Å²) >= 11 is 0. The van der Waals surface area contributed by atoms with E-state index < -0.39 is 105 Å². The number of carbonyl (C=O) groups excluding carboxylic acids is 8. The number of ether oxygens (including phenoxy) is 8. The Hall–Kier alpha value is -6.98. The van der Waals surface area contributed by atoms with Crippen molar-refractivity contribution >= 4 is 59.4 Å². The second kappa shape index (κ2) is 24.4. The van der Waals surface area contributed by atoms with Gasteiger partial charge < -0.3 is 37.9 Å². The first kappa shape index (κ1) is 47.0. The molecule has 0 bridgehead atoms. The van der Waals surface area contributed by atoms with Crippen LogP contribution in [0, 0.1) is 17.8 Å². The van der Waals surface area contributed by atoms with Crippen molar-refractivity contribution in [3.8, 4) is 0 Å². The molecule has 302 valence electrons. The average Bonchev–Trinajstić information content (AvgIpc) is 3.20. The molecule has 1 aromatic carbocycles. The number of anilines is 2. The molecule has 18 heteroatoms. The summed E-state index contributed by atoms with van der Waals surface area (Å²) in [7, 11) is 0. The van der Waals surface area contributed by atoms with Gasteiger partial charge in [-0.1, -0.05) is 45.5 Å². The zero-order valence-corrected chi connectivity index (χ0v) is 30.8. The molecule has 1 rings (SSSR count). The number of esters is 6. The van der Waals surface area contributed by atoms with Gasteiger partial charge in [-0.05, 0) is 31.0 Å². The largest absolute Gasteiger partial charge is 0.462 e. The van der Waals surface area contributed by atoms with E-state index in [1.54, 1.807) is 13.0 Å². The van der Waals surface area contributed by atoms with Gasteiger partial charge in [-0.25, -0.2) is 38.4 Å². The van der Waals surface area contributed by atoms with Crippen LogP contribution < -0.4 is 10.6 Å². The smallest absolute Gasteiger partial charge is 0.411 e. The molecule has 0 aliphatic heterocycles. The van der Waals surface area contributed by atoms with E-state index in [9.17, 15) is 38.4 Å². The third kappa shape index (κ3) is 17.7. The van der Waals surface area contributed by atoms with E-state index in [2.05, 4.69) is 50.1 Å². The molecule has 56 heavy (non-hydrogen) atoms. The van der Waals surface area contributed by atoms with Crippen molar-refractivity contribution in [2.45, 2.75) is 13.3 Å². The van der Waals surface area contributed by atoms with Gasteiger partial charge in [-0.2, -0.15) is 0 Å². The maximum atomic E-state index is 13.0. The second-order valence-electron chi connectivity index (χ2n) is 11.6. The maximum Gasteiger partial charge on any atom is 0.411 e. The van der Waals surface area contributed by atoms with Gasteiger partial charge in [0.25, 0.3) is 0 Å². The predicted octanol–water partition coefficient (Wildman–Crippen LogP) is 3.83. The van der Waals surface area contributed by atoms with Crippen LogP contribution in [0.1, 0.15) is 12.0 Å². The van der Waals surface area contributed by atoms with E-state index in [1.165, 1.54) is 12.1 Å². The SMILES string of the molecule is C=CC(=O)OCC(CCOC(=O)Nc1ccc(C)c(NC(=O)OCC(COC(=O)C=C)(COC(=O)C=C)COC(=O)C=C)c1)(COC(=O)C=C)COC(=O)C=C. The van der Waals surface area contributed by atoms with Gasteiger partial charge in [-0.3, -0.25) is 10.6 Å². The van der Waals surface area contributed by atoms with E-state index in [0.717, 1.165) is 36.5 Å². The molecule has 0 heterocycles. The minimum Gasteiger partial charge on any atom is -0.462 e. The number of rotatable bonds is 25. The van der Waals surface area contributed by atoms with Crippen molar-refractivity contribution < 1.29 is 76.3 Å². The highest BCUT2D eigenvalue weighted by Crippen LogP contribution is 2.27. The van der Waals surface area contributed by atoms with Crippen molar-refractivity contribution in [1.82, 2.24) is 0 Å². The predicted molar refractivity (Wildman–Crippen MR) is 198 cm³/mol. The van der Waals surface area contributed by atoms with Gasteiger partial charge in [0.05, 0.1) is 12.0 Å². The van der Waals surface area contributed by atoms with Crippen LogP contribution in [0.25, 0.3) is 0 Å². The maximum absolute atomic E-state index is 13.0. The normalized spacial score (nSPS) is 10.4. The number of carbonyl (C=O) groups is 8. The molecule has 0 aliphatic rings. The Morgan fingerprint density at radius 1 is 0.500 bits per heavy atom. The van der Waals surface area contributed by atoms with Gasteiger partial charge in [0.15, 0.2) is 0 Å². The third-order valence-corrected chi connectivity index (χ3v) is 7.22. The lowest BCUT2D eigenvalue weighted by molar-refractivity contribution is -0.160. The van der Waals surface area contributed by atoms with Crippen LogP contribution in [-0.4, -0.2) is 101 Å². The molecule has 18 nitrogen and oxygen atoms in total. The number of aryl methyl sites for hydroxylation is 1. The number of hydrogen-bond donors (Lipinski definition) is 2. The number of amides is 2. The molecule has 0 spiro atoms. The molecule has 0 aromatic heterocycles. The van der Waals surface area contributed by atoms with E-state index in [-0.39, 0.29) is 24.4 Å². The number of hydrogen-bond acceptors (Lipinski definition) is 16. The minimum atomic E-state index is -1.58. The topological polar surface area (TPSA) is 234 Å². The lowest BCUT2D eigenvalue weighted by atomic mass is 9.87. The first-order chi connectivity index (χ1) is 26.6. The summed E-state index contributed by atoms with van der Waals surface area (Å²) in [5, 5.41) is 4.98. The summed E-state index contributed by atoms with van der Waals surface area (Å²) in [6.45, 7) is 17.6. The first-order valence-electron chi connectivity index (χ1n) is 16.3. The number of benzene rings is 1. The zero-order valence-electron chi connectivity index (χ0n) is 30.8. The zero-order chi connectivity index (χ0) is 42.1. The van der Waals surface area contributed by atoms with Gasteiger partial charge >= 0.3 is 48.0 Å². The van der Waals surface area contributed by atoms with Crippen LogP contribution in [0.2, 0.25) is 0 Å².